The van der Waals surface area contributed by atoms with E-state index in [9.17, 15) is 0 Å². The first-order chi connectivity index (χ1) is 9.83. The summed E-state index contributed by atoms with van der Waals surface area (Å²) in [6.45, 7) is 0. The molecule has 0 spiro atoms. The number of aromatic amines is 2. The fourth-order valence-corrected chi connectivity index (χ4v) is 3.25. The summed E-state index contributed by atoms with van der Waals surface area (Å²) in [7, 11) is 0. The van der Waals surface area contributed by atoms with E-state index < -0.39 is 0 Å². The van der Waals surface area contributed by atoms with E-state index >= 15 is 0 Å². The van der Waals surface area contributed by atoms with Gasteiger partial charge < -0.3 is 9.97 Å². The zero-order chi connectivity index (χ0) is 13.5. The van der Waals surface area contributed by atoms with Crippen molar-refractivity contribution in [2.24, 2.45) is 0 Å². The number of hydrogen-bond acceptors (Lipinski definition) is 4. The average Bonchev–Trinajstić information content (AvgIpc) is 3.16. The maximum atomic E-state index is 6.34. The lowest BCUT2D eigenvalue weighted by molar-refractivity contribution is 1.30. The van der Waals surface area contributed by atoms with Crippen molar-refractivity contribution in [3.63, 3.8) is 0 Å². The van der Waals surface area contributed by atoms with Crippen molar-refractivity contribution in [2.45, 2.75) is 0 Å². The first kappa shape index (κ1) is 11.6. The van der Waals surface area contributed by atoms with E-state index in [-0.39, 0.29) is 0 Å². The van der Waals surface area contributed by atoms with E-state index in [2.05, 4.69) is 24.9 Å². The maximum absolute atomic E-state index is 6.34. The summed E-state index contributed by atoms with van der Waals surface area (Å²) in [4.78, 5) is 19.1. The second-order valence-corrected chi connectivity index (χ2v) is 5.81. The van der Waals surface area contributed by atoms with E-state index in [1.165, 1.54) is 11.3 Å². The van der Waals surface area contributed by atoms with E-state index in [1.807, 2.05) is 18.3 Å². The van der Waals surface area contributed by atoms with Gasteiger partial charge in [-0.3, -0.25) is 0 Å². The highest BCUT2D eigenvalue weighted by Gasteiger charge is 2.16. The fraction of sp³-hybridized carbons (Fsp3) is 0. The number of H-pyrrole nitrogens is 2. The summed E-state index contributed by atoms with van der Waals surface area (Å²) in [6, 6.07) is 3.90. The van der Waals surface area contributed by atoms with Gasteiger partial charge in [-0.15, -0.1) is 0 Å². The molecule has 4 heterocycles. The Bertz CT molecular complexity index is 877. The normalized spacial score (nSPS) is 11.2. The Morgan fingerprint density at radius 2 is 2.20 bits per heavy atom. The average molecular weight is 302 g/mol. The molecule has 0 aliphatic rings. The number of aromatic nitrogens is 5. The predicted molar refractivity (Wildman–Crippen MR) is 79.8 cm³/mol. The molecular formula is C13H8ClN5S. The number of fused-ring (bicyclic) bond motifs is 1. The van der Waals surface area contributed by atoms with Crippen LogP contribution in [0.3, 0.4) is 0 Å². The molecule has 0 amide bonds. The lowest BCUT2D eigenvalue weighted by Gasteiger charge is -1.94. The topological polar surface area (TPSA) is 70.2 Å². The van der Waals surface area contributed by atoms with Gasteiger partial charge in [0.15, 0.2) is 0 Å². The molecule has 20 heavy (non-hydrogen) atoms. The van der Waals surface area contributed by atoms with E-state index in [4.69, 9.17) is 11.6 Å². The molecule has 0 saturated heterocycles. The van der Waals surface area contributed by atoms with Crippen LogP contribution in [0.2, 0.25) is 4.34 Å². The van der Waals surface area contributed by atoms with Gasteiger partial charge in [0, 0.05) is 23.3 Å². The Labute approximate surface area is 122 Å². The van der Waals surface area contributed by atoms with Crippen LogP contribution in [0, 0.1) is 0 Å². The fourth-order valence-electron chi connectivity index (χ4n) is 2.11. The molecule has 0 radical (unpaired) electrons. The molecule has 5 nitrogen and oxygen atoms in total. The molecule has 4 aromatic rings. The third kappa shape index (κ3) is 1.73. The standard InChI is InChI=1S/C13H8ClN5S/c14-11-10(19-13(20-11)9-5-15-6-18-9)8-4-17-12-7(8)2-1-3-16-12/h1-6H,(H,15,18)(H,16,17). The highest BCUT2D eigenvalue weighted by molar-refractivity contribution is 7.19. The zero-order valence-electron chi connectivity index (χ0n) is 10.1. The Kier molecular flexibility index (Phi) is 2.58. The van der Waals surface area contributed by atoms with Gasteiger partial charge in [-0.2, -0.15) is 0 Å². The first-order valence-electron chi connectivity index (χ1n) is 5.90. The van der Waals surface area contributed by atoms with Crippen LogP contribution < -0.4 is 0 Å². The quantitative estimate of drug-likeness (QED) is 0.592. The monoisotopic (exact) mass is 301 g/mol. The SMILES string of the molecule is Clc1sc(-c2cnc[nH]2)nc1-c1c[nH]c2ncccc12. The van der Waals surface area contributed by atoms with Crippen LogP contribution in [0.4, 0.5) is 0 Å². The number of nitrogens with zero attached hydrogens (tertiary/aromatic N) is 3. The summed E-state index contributed by atoms with van der Waals surface area (Å²) < 4.78 is 0.652. The number of pyridine rings is 1. The molecule has 0 atom stereocenters. The Morgan fingerprint density at radius 3 is 3.05 bits per heavy atom. The predicted octanol–water partition coefficient (Wildman–Crippen LogP) is 3.73. The minimum Gasteiger partial charge on any atom is -0.345 e. The van der Waals surface area contributed by atoms with Crippen LogP contribution >= 0.6 is 22.9 Å². The molecule has 0 aliphatic carbocycles. The third-order valence-electron chi connectivity index (χ3n) is 3.02. The number of nitrogens with one attached hydrogen (secondary N) is 2. The smallest absolute Gasteiger partial charge is 0.143 e. The molecule has 4 rings (SSSR count). The first-order valence-corrected chi connectivity index (χ1v) is 7.10. The molecule has 0 unspecified atom stereocenters. The molecule has 4 aromatic heterocycles. The maximum Gasteiger partial charge on any atom is 0.143 e. The van der Waals surface area contributed by atoms with E-state index in [0.717, 1.165) is 33.0 Å². The van der Waals surface area contributed by atoms with Gasteiger partial charge >= 0.3 is 0 Å². The number of rotatable bonds is 2. The molecule has 0 aliphatic heterocycles. The summed E-state index contributed by atoms with van der Waals surface area (Å²) in [6.07, 6.45) is 6.99. The molecule has 0 fully saturated rings. The van der Waals surface area contributed by atoms with Crippen LogP contribution in [0.5, 0.6) is 0 Å². The van der Waals surface area contributed by atoms with Crippen molar-refractivity contribution in [1.82, 2.24) is 24.9 Å². The van der Waals surface area contributed by atoms with Gasteiger partial charge in [-0.05, 0) is 12.1 Å². The lowest BCUT2D eigenvalue weighted by atomic mass is 10.2. The van der Waals surface area contributed by atoms with E-state index in [1.54, 1.807) is 18.7 Å². The number of halogens is 1. The Balaban J connectivity index is 1.90. The van der Waals surface area contributed by atoms with Crippen molar-refractivity contribution in [3.8, 4) is 22.0 Å². The highest BCUT2D eigenvalue weighted by Crippen LogP contribution is 2.38. The summed E-state index contributed by atoms with van der Waals surface area (Å²) >= 11 is 7.77. The molecule has 0 saturated carbocycles. The largest absolute Gasteiger partial charge is 0.345 e. The van der Waals surface area contributed by atoms with Gasteiger partial charge in [0.25, 0.3) is 0 Å². The zero-order valence-corrected chi connectivity index (χ0v) is 11.7. The van der Waals surface area contributed by atoms with Crippen LogP contribution in [0.1, 0.15) is 0 Å². The summed E-state index contributed by atoms with van der Waals surface area (Å²) in [5.41, 5.74) is 3.41. The second kappa shape index (κ2) is 4.43. The van der Waals surface area contributed by atoms with Crippen molar-refractivity contribution in [2.75, 3.05) is 0 Å². The molecule has 0 bridgehead atoms. The van der Waals surface area contributed by atoms with Crippen LogP contribution in [0.15, 0.2) is 37.1 Å². The molecular weight excluding hydrogens is 294 g/mol. The number of imidazole rings is 1. The van der Waals surface area contributed by atoms with Gasteiger partial charge in [-0.25, -0.2) is 15.0 Å². The lowest BCUT2D eigenvalue weighted by Crippen LogP contribution is -1.79. The van der Waals surface area contributed by atoms with Crippen molar-refractivity contribution < 1.29 is 0 Å². The van der Waals surface area contributed by atoms with Crippen molar-refractivity contribution in [1.29, 1.82) is 0 Å². The van der Waals surface area contributed by atoms with Crippen LogP contribution in [-0.2, 0) is 0 Å². The van der Waals surface area contributed by atoms with Crippen molar-refractivity contribution >= 4 is 34.0 Å². The molecule has 2 N–H and O–H groups in total. The Morgan fingerprint density at radius 1 is 1.25 bits per heavy atom. The van der Waals surface area contributed by atoms with Crippen LogP contribution in [-0.4, -0.2) is 24.9 Å². The molecule has 7 heteroatoms. The molecule has 0 aromatic carbocycles. The second-order valence-electron chi connectivity index (χ2n) is 4.21. The van der Waals surface area contributed by atoms with Gasteiger partial charge in [0.2, 0.25) is 0 Å². The summed E-state index contributed by atoms with van der Waals surface area (Å²) in [5.74, 6) is 0. The van der Waals surface area contributed by atoms with Crippen LogP contribution in [0.25, 0.3) is 33.0 Å². The van der Waals surface area contributed by atoms with E-state index in [0.29, 0.717) is 4.34 Å². The van der Waals surface area contributed by atoms with Gasteiger partial charge in [-0.1, -0.05) is 22.9 Å². The van der Waals surface area contributed by atoms with Gasteiger partial charge in [0.1, 0.15) is 20.7 Å². The minimum absolute atomic E-state index is 0.652. The Hall–Kier alpha value is -2.18. The number of thiazole rings is 1. The number of hydrogen-bond donors (Lipinski definition) is 2. The third-order valence-corrected chi connectivity index (χ3v) is 4.31. The molecule has 98 valence electrons. The van der Waals surface area contributed by atoms with Gasteiger partial charge in [0.05, 0.1) is 18.2 Å². The highest BCUT2D eigenvalue weighted by atomic mass is 35.5. The van der Waals surface area contributed by atoms with Crippen molar-refractivity contribution in [3.05, 3.63) is 41.4 Å². The summed E-state index contributed by atoms with van der Waals surface area (Å²) in [5, 5.41) is 1.83. The minimum atomic E-state index is 0.652.